The van der Waals surface area contributed by atoms with Crippen molar-refractivity contribution in [3.63, 3.8) is 0 Å². The molecule has 90 valence electrons. The summed E-state index contributed by atoms with van der Waals surface area (Å²) in [5, 5.41) is 14.0. The number of hydrogen-bond acceptors (Lipinski definition) is 2. The van der Waals surface area contributed by atoms with E-state index in [4.69, 9.17) is 16.7 Å². The molecule has 0 bridgehead atoms. The van der Waals surface area contributed by atoms with Gasteiger partial charge in [-0.2, -0.15) is 5.10 Å². The van der Waals surface area contributed by atoms with Crippen LogP contribution in [0.5, 0.6) is 0 Å². The van der Waals surface area contributed by atoms with Crippen molar-refractivity contribution in [3.05, 3.63) is 45.1 Å². The molecule has 2 rings (SSSR count). The van der Waals surface area contributed by atoms with E-state index in [1.807, 2.05) is 31.2 Å². The van der Waals surface area contributed by atoms with Crippen molar-refractivity contribution in [1.82, 2.24) is 9.78 Å². The fraction of sp³-hybridized carbons (Fsp3) is 0.250. The Morgan fingerprint density at radius 2 is 2.12 bits per heavy atom. The lowest BCUT2D eigenvalue weighted by molar-refractivity contribution is 0.299. The highest BCUT2D eigenvalue weighted by Crippen LogP contribution is 2.27. The lowest BCUT2D eigenvalue weighted by atomic mass is 10.2. The fourth-order valence-corrected chi connectivity index (χ4v) is 2.52. The summed E-state index contributed by atoms with van der Waals surface area (Å²) in [4.78, 5) is 0. The van der Waals surface area contributed by atoms with Gasteiger partial charge in [0.15, 0.2) is 0 Å². The first kappa shape index (κ1) is 12.6. The maximum atomic E-state index is 9.00. The molecule has 1 N–H and O–H groups in total. The quantitative estimate of drug-likeness (QED) is 0.945. The molecule has 5 heteroatoms. The second-order valence-corrected chi connectivity index (χ2v) is 4.90. The lowest BCUT2D eigenvalue weighted by Crippen LogP contribution is -1.98. The molecule has 0 radical (unpaired) electrons. The van der Waals surface area contributed by atoms with Gasteiger partial charge in [0.2, 0.25) is 0 Å². The molecule has 1 aromatic carbocycles. The SMILES string of the molecule is Cc1nn(-c2ccccc2Br)c(Cl)c1CCO. The largest absolute Gasteiger partial charge is 0.396 e. The van der Waals surface area contributed by atoms with E-state index in [0.29, 0.717) is 11.6 Å². The maximum absolute atomic E-state index is 9.00. The smallest absolute Gasteiger partial charge is 0.136 e. The highest BCUT2D eigenvalue weighted by molar-refractivity contribution is 9.10. The number of aromatic nitrogens is 2. The van der Waals surface area contributed by atoms with Gasteiger partial charge in [-0.15, -0.1) is 0 Å². The number of halogens is 2. The van der Waals surface area contributed by atoms with E-state index in [-0.39, 0.29) is 6.61 Å². The number of para-hydroxylation sites is 1. The highest BCUT2D eigenvalue weighted by Gasteiger charge is 2.15. The molecule has 0 saturated carbocycles. The van der Waals surface area contributed by atoms with Gasteiger partial charge in [-0.25, -0.2) is 4.68 Å². The third-order valence-corrected chi connectivity index (χ3v) is 3.62. The van der Waals surface area contributed by atoms with E-state index in [2.05, 4.69) is 21.0 Å². The van der Waals surface area contributed by atoms with Gasteiger partial charge in [0.25, 0.3) is 0 Å². The van der Waals surface area contributed by atoms with Gasteiger partial charge in [0.05, 0.1) is 11.4 Å². The zero-order valence-corrected chi connectivity index (χ0v) is 11.7. The van der Waals surface area contributed by atoms with E-state index >= 15 is 0 Å². The predicted octanol–water partition coefficient (Wildman–Crippen LogP) is 3.13. The summed E-state index contributed by atoms with van der Waals surface area (Å²) in [5.41, 5.74) is 2.63. The van der Waals surface area contributed by atoms with Crippen molar-refractivity contribution >= 4 is 27.5 Å². The zero-order chi connectivity index (χ0) is 12.4. The Hall–Kier alpha value is -0.840. The molecule has 2 aromatic rings. The minimum atomic E-state index is 0.0716. The molecule has 0 saturated heterocycles. The number of benzene rings is 1. The van der Waals surface area contributed by atoms with Gasteiger partial charge in [-0.1, -0.05) is 23.7 Å². The lowest BCUT2D eigenvalue weighted by Gasteiger charge is -2.05. The Bertz CT molecular complexity index is 539. The van der Waals surface area contributed by atoms with E-state index in [9.17, 15) is 0 Å². The number of aliphatic hydroxyl groups excluding tert-OH is 1. The second kappa shape index (κ2) is 5.21. The van der Waals surface area contributed by atoms with Gasteiger partial charge >= 0.3 is 0 Å². The molecule has 0 spiro atoms. The van der Waals surface area contributed by atoms with Crippen LogP contribution < -0.4 is 0 Å². The van der Waals surface area contributed by atoms with Crippen molar-refractivity contribution in [2.45, 2.75) is 13.3 Å². The van der Waals surface area contributed by atoms with Gasteiger partial charge in [-0.05, 0) is 35.0 Å². The number of nitrogens with zero attached hydrogens (tertiary/aromatic N) is 2. The molecule has 0 atom stereocenters. The minimum absolute atomic E-state index is 0.0716. The summed E-state index contributed by atoms with van der Waals surface area (Å²) in [6.07, 6.45) is 0.523. The van der Waals surface area contributed by atoms with Crippen LogP contribution in [0.25, 0.3) is 5.69 Å². The topological polar surface area (TPSA) is 38.0 Å². The summed E-state index contributed by atoms with van der Waals surface area (Å²) in [7, 11) is 0. The van der Waals surface area contributed by atoms with Crippen molar-refractivity contribution in [1.29, 1.82) is 0 Å². The highest BCUT2D eigenvalue weighted by atomic mass is 79.9. The molecule has 0 amide bonds. The molecule has 0 aliphatic heterocycles. The van der Waals surface area contributed by atoms with Gasteiger partial charge in [-0.3, -0.25) is 0 Å². The van der Waals surface area contributed by atoms with Crippen molar-refractivity contribution in [2.24, 2.45) is 0 Å². The number of rotatable bonds is 3. The Kier molecular flexibility index (Phi) is 3.86. The molecule has 17 heavy (non-hydrogen) atoms. The molecule has 3 nitrogen and oxygen atoms in total. The average Bonchev–Trinajstić information content (AvgIpc) is 2.58. The van der Waals surface area contributed by atoms with Crippen molar-refractivity contribution < 1.29 is 5.11 Å². The standard InChI is InChI=1S/C12H12BrClN2O/c1-8-9(6-7-17)12(14)16(15-8)11-5-3-2-4-10(11)13/h2-5,17H,6-7H2,1H3. The van der Waals surface area contributed by atoms with Crippen LogP contribution in [-0.4, -0.2) is 21.5 Å². The monoisotopic (exact) mass is 314 g/mol. The first-order valence-electron chi connectivity index (χ1n) is 5.25. The van der Waals surface area contributed by atoms with Crippen LogP contribution in [0.2, 0.25) is 5.15 Å². The molecule has 1 heterocycles. The van der Waals surface area contributed by atoms with Crippen LogP contribution in [0.1, 0.15) is 11.3 Å². The van der Waals surface area contributed by atoms with Crippen LogP contribution >= 0.6 is 27.5 Å². The molecular weight excluding hydrogens is 304 g/mol. The summed E-state index contributed by atoms with van der Waals surface area (Å²) < 4.78 is 2.62. The molecule has 0 unspecified atom stereocenters. The second-order valence-electron chi connectivity index (χ2n) is 3.69. The van der Waals surface area contributed by atoms with Crippen LogP contribution in [0.3, 0.4) is 0 Å². The summed E-state index contributed by atoms with van der Waals surface area (Å²) >= 11 is 9.75. The fourth-order valence-electron chi connectivity index (χ4n) is 1.71. The van der Waals surface area contributed by atoms with Crippen LogP contribution in [0.4, 0.5) is 0 Å². The first-order valence-corrected chi connectivity index (χ1v) is 6.42. The zero-order valence-electron chi connectivity index (χ0n) is 9.32. The summed E-state index contributed by atoms with van der Waals surface area (Å²) in [6.45, 7) is 1.96. The molecule has 0 aliphatic rings. The third kappa shape index (κ3) is 2.39. The first-order chi connectivity index (χ1) is 8.15. The van der Waals surface area contributed by atoms with E-state index in [1.165, 1.54) is 0 Å². The van der Waals surface area contributed by atoms with E-state index in [0.717, 1.165) is 21.4 Å². The predicted molar refractivity (Wildman–Crippen MR) is 71.8 cm³/mol. The average molecular weight is 316 g/mol. The Morgan fingerprint density at radius 1 is 1.41 bits per heavy atom. The van der Waals surface area contributed by atoms with Crippen LogP contribution in [-0.2, 0) is 6.42 Å². The Morgan fingerprint density at radius 3 is 2.76 bits per heavy atom. The Labute approximate surface area is 113 Å². The van der Waals surface area contributed by atoms with Crippen molar-refractivity contribution in [2.75, 3.05) is 6.61 Å². The molecule has 0 aliphatic carbocycles. The van der Waals surface area contributed by atoms with Crippen LogP contribution in [0.15, 0.2) is 28.7 Å². The van der Waals surface area contributed by atoms with E-state index in [1.54, 1.807) is 4.68 Å². The van der Waals surface area contributed by atoms with Crippen molar-refractivity contribution in [3.8, 4) is 5.69 Å². The molecule has 0 fully saturated rings. The van der Waals surface area contributed by atoms with Gasteiger partial charge in [0, 0.05) is 23.1 Å². The summed E-state index contributed by atoms with van der Waals surface area (Å²) in [5.74, 6) is 0. The van der Waals surface area contributed by atoms with Gasteiger partial charge < -0.3 is 5.11 Å². The minimum Gasteiger partial charge on any atom is -0.396 e. The summed E-state index contributed by atoms with van der Waals surface area (Å²) in [6, 6.07) is 7.74. The maximum Gasteiger partial charge on any atom is 0.136 e. The van der Waals surface area contributed by atoms with Gasteiger partial charge in [0.1, 0.15) is 5.15 Å². The van der Waals surface area contributed by atoms with Crippen LogP contribution in [0, 0.1) is 6.92 Å². The number of aryl methyl sites for hydroxylation is 1. The normalized spacial score (nSPS) is 10.8. The third-order valence-electron chi connectivity index (χ3n) is 2.56. The number of aliphatic hydroxyl groups is 1. The molecular formula is C12H12BrClN2O. The molecule has 1 aromatic heterocycles. The Balaban J connectivity index is 2.54. The number of hydrogen-bond donors (Lipinski definition) is 1. The van der Waals surface area contributed by atoms with E-state index < -0.39 is 0 Å².